The van der Waals surface area contributed by atoms with Crippen LogP contribution in [0.25, 0.3) is 0 Å². The van der Waals surface area contributed by atoms with E-state index in [-0.39, 0.29) is 12.2 Å². The number of rotatable bonds is 2. The molecule has 0 aromatic carbocycles. The van der Waals surface area contributed by atoms with Crippen molar-refractivity contribution in [2.45, 2.75) is 39.4 Å². The van der Waals surface area contributed by atoms with Crippen LogP contribution in [0.4, 0.5) is 8.78 Å². The molecule has 10 heavy (non-hydrogen) atoms. The summed E-state index contributed by atoms with van der Waals surface area (Å²) in [6.45, 7) is 4.88. The van der Waals surface area contributed by atoms with Crippen molar-refractivity contribution in [3.05, 3.63) is 0 Å². The van der Waals surface area contributed by atoms with Gasteiger partial charge in [0.25, 0.3) is 0 Å². The number of halogens is 2. The van der Waals surface area contributed by atoms with Gasteiger partial charge in [0.15, 0.2) is 0 Å². The van der Waals surface area contributed by atoms with E-state index >= 15 is 0 Å². The average molecular weight is 150 g/mol. The molecule has 3 heteroatoms. The Morgan fingerprint density at radius 1 is 1.40 bits per heavy atom. The fraction of sp³-hybridized carbons (Fsp3) is 1.00. The van der Waals surface area contributed by atoms with Crippen LogP contribution in [-0.4, -0.2) is 18.6 Å². The lowest BCUT2D eigenvalue weighted by Crippen LogP contribution is -2.29. The number of hydrogen-bond acceptors (Lipinski definition) is 1. The van der Waals surface area contributed by atoms with Crippen molar-refractivity contribution >= 4 is 0 Å². The maximum atomic E-state index is 12.2. The van der Waals surface area contributed by atoms with E-state index in [0.29, 0.717) is 0 Å². The van der Waals surface area contributed by atoms with Crippen LogP contribution < -0.4 is 0 Å². The first kappa shape index (κ1) is 7.92. The molecule has 0 saturated carbocycles. The minimum atomic E-state index is -2.29. The maximum absolute atomic E-state index is 12.2. The minimum absolute atomic E-state index is 0.0176. The van der Waals surface area contributed by atoms with Crippen LogP contribution in [0, 0.1) is 5.41 Å². The van der Waals surface area contributed by atoms with E-state index in [4.69, 9.17) is 4.74 Å². The first-order chi connectivity index (χ1) is 4.46. The molecule has 1 aliphatic rings. The summed E-state index contributed by atoms with van der Waals surface area (Å²) in [7, 11) is 0. The van der Waals surface area contributed by atoms with Gasteiger partial charge in [0.1, 0.15) is 0 Å². The largest absolute Gasteiger partial charge is 0.369 e. The van der Waals surface area contributed by atoms with Gasteiger partial charge in [0, 0.05) is 0 Å². The van der Waals surface area contributed by atoms with Gasteiger partial charge in [-0.2, -0.15) is 0 Å². The SMILES string of the molecule is CC1OC1C(C)(C)C(F)F. The average Bonchev–Trinajstić information content (AvgIpc) is 2.46. The quantitative estimate of drug-likeness (QED) is 0.549. The molecule has 1 fully saturated rings. The third-order valence-corrected chi connectivity index (χ3v) is 2.01. The molecule has 0 bridgehead atoms. The monoisotopic (exact) mass is 150 g/mol. The molecule has 0 spiro atoms. The summed E-state index contributed by atoms with van der Waals surface area (Å²) in [6.07, 6.45) is -2.51. The standard InChI is InChI=1S/C7H12F2O/c1-4-5(10-4)7(2,3)6(8)9/h4-6H,1-3H3. The molecular formula is C7H12F2O. The van der Waals surface area contributed by atoms with Crippen molar-refractivity contribution in [1.29, 1.82) is 0 Å². The molecule has 1 nitrogen and oxygen atoms in total. The fourth-order valence-electron chi connectivity index (χ4n) is 1.09. The summed E-state index contributed by atoms with van der Waals surface area (Å²) in [5.41, 5.74) is -0.973. The van der Waals surface area contributed by atoms with Crippen LogP contribution in [0.15, 0.2) is 0 Å². The Labute approximate surface area is 59.4 Å². The number of ether oxygens (including phenoxy) is 1. The Morgan fingerprint density at radius 2 is 1.80 bits per heavy atom. The van der Waals surface area contributed by atoms with E-state index in [9.17, 15) is 8.78 Å². The van der Waals surface area contributed by atoms with Gasteiger partial charge in [0.05, 0.1) is 17.6 Å². The Hall–Kier alpha value is -0.180. The summed E-state index contributed by atoms with van der Waals surface area (Å²) in [4.78, 5) is 0. The third kappa shape index (κ3) is 1.15. The molecule has 2 atom stereocenters. The lowest BCUT2D eigenvalue weighted by Gasteiger charge is -2.20. The van der Waals surface area contributed by atoms with Gasteiger partial charge in [-0.05, 0) is 6.92 Å². The topological polar surface area (TPSA) is 12.5 Å². The van der Waals surface area contributed by atoms with Crippen molar-refractivity contribution in [3.8, 4) is 0 Å². The fourth-order valence-corrected chi connectivity index (χ4v) is 1.09. The van der Waals surface area contributed by atoms with Crippen molar-refractivity contribution in [2.75, 3.05) is 0 Å². The van der Waals surface area contributed by atoms with Gasteiger partial charge in [0.2, 0.25) is 6.43 Å². The summed E-state index contributed by atoms with van der Waals surface area (Å²) in [6, 6.07) is 0. The Balaban J connectivity index is 2.52. The first-order valence-corrected chi connectivity index (χ1v) is 3.40. The van der Waals surface area contributed by atoms with Gasteiger partial charge in [-0.1, -0.05) is 13.8 Å². The highest BCUT2D eigenvalue weighted by Gasteiger charge is 2.51. The van der Waals surface area contributed by atoms with Crippen LogP contribution in [0.2, 0.25) is 0 Å². The number of hydrogen-bond donors (Lipinski definition) is 0. The lowest BCUT2D eigenvalue weighted by atomic mass is 9.88. The van der Waals surface area contributed by atoms with Gasteiger partial charge in [-0.15, -0.1) is 0 Å². The van der Waals surface area contributed by atoms with Crippen LogP contribution in [0.1, 0.15) is 20.8 Å². The summed E-state index contributed by atoms with van der Waals surface area (Å²) in [5, 5.41) is 0. The molecule has 0 amide bonds. The highest BCUT2D eigenvalue weighted by atomic mass is 19.3. The molecule has 1 saturated heterocycles. The highest BCUT2D eigenvalue weighted by molar-refractivity contribution is 4.94. The van der Waals surface area contributed by atoms with E-state index in [1.807, 2.05) is 6.92 Å². The first-order valence-electron chi connectivity index (χ1n) is 3.40. The molecule has 1 rings (SSSR count). The lowest BCUT2D eigenvalue weighted by molar-refractivity contribution is 0.00115. The number of alkyl halides is 2. The van der Waals surface area contributed by atoms with Gasteiger partial charge in [-0.25, -0.2) is 8.78 Å². The zero-order chi connectivity index (χ0) is 7.94. The molecule has 1 heterocycles. The molecule has 0 N–H and O–H groups in total. The van der Waals surface area contributed by atoms with E-state index in [1.54, 1.807) is 0 Å². The van der Waals surface area contributed by atoms with E-state index < -0.39 is 11.8 Å². The van der Waals surface area contributed by atoms with Crippen molar-refractivity contribution in [3.63, 3.8) is 0 Å². The summed E-state index contributed by atoms with van der Waals surface area (Å²) in [5.74, 6) is 0. The highest BCUT2D eigenvalue weighted by Crippen LogP contribution is 2.42. The van der Waals surface area contributed by atoms with Crippen LogP contribution in [-0.2, 0) is 4.74 Å². The Bertz CT molecular complexity index is 134. The van der Waals surface area contributed by atoms with Crippen LogP contribution in [0.3, 0.4) is 0 Å². The Morgan fingerprint density at radius 3 is 1.90 bits per heavy atom. The van der Waals surface area contributed by atoms with Crippen molar-refractivity contribution < 1.29 is 13.5 Å². The van der Waals surface area contributed by atoms with Gasteiger partial charge < -0.3 is 4.74 Å². The molecule has 60 valence electrons. The second-order valence-corrected chi connectivity index (χ2v) is 3.38. The van der Waals surface area contributed by atoms with E-state index in [0.717, 1.165) is 0 Å². The van der Waals surface area contributed by atoms with Crippen molar-refractivity contribution in [2.24, 2.45) is 5.41 Å². The van der Waals surface area contributed by atoms with Gasteiger partial charge in [-0.3, -0.25) is 0 Å². The predicted octanol–water partition coefficient (Wildman–Crippen LogP) is 2.06. The van der Waals surface area contributed by atoms with Crippen molar-refractivity contribution in [1.82, 2.24) is 0 Å². The normalized spacial score (nSPS) is 33.0. The predicted molar refractivity (Wildman–Crippen MR) is 34.1 cm³/mol. The zero-order valence-corrected chi connectivity index (χ0v) is 6.40. The summed E-state index contributed by atoms with van der Waals surface area (Å²) < 4.78 is 29.4. The maximum Gasteiger partial charge on any atom is 0.246 e. The summed E-state index contributed by atoms with van der Waals surface area (Å²) >= 11 is 0. The van der Waals surface area contributed by atoms with E-state index in [2.05, 4.69) is 0 Å². The van der Waals surface area contributed by atoms with Gasteiger partial charge >= 0.3 is 0 Å². The molecule has 1 aliphatic heterocycles. The minimum Gasteiger partial charge on any atom is -0.369 e. The zero-order valence-electron chi connectivity index (χ0n) is 6.40. The third-order valence-electron chi connectivity index (χ3n) is 2.01. The molecular weight excluding hydrogens is 138 g/mol. The molecule has 0 aliphatic carbocycles. The smallest absolute Gasteiger partial charge is 0.246 e. The van der Waals surface area contributed by atoms with E-state index in [1.165, 1.54) is 13.8 Å². The van der Waals surface area contributed by atoms with Crippen LogP contribution >= 0.6 is 0 Å². The molecule has 0 aromatic heterocycles. The number of epoxide rings is 1. The Kier molecular flexibility index (Phi) is 1.71. The molecule has 0 radical (unpaired) electrons. The second kappa shape index (κ2) is 2.16. The molecule has 0 aromatic rings. The second-order valence-electron chi connectivity index (χ2n) is 3.38. The molecule has 2 unspecified atom stereocenters. The van der Waals surface area contributed by atoms with Crippen LogP contribution in [0.5, 0.6) is 0 Å².